The van der Waals surface area contributed by atoms with E-state index in [9.17, 15) is 24.0 Å². The molecule has 4 saturated carbocycles. The van der Waals surface area contributed by atoms with E-state index in [4.69, 9.17) is 47.4 Å². The van der Waals surface area contributed by atoms with Crippen molar-refractivity contribution in [1.29, 1.82) is 0 Å². The highest BCUT2D eigenvalue weighted by atomic mass is 16.6. The lowest BCUT2D eigenvalue weighted by atomic mass is 10.2. The summed E-state index contributed by atoms with van der Waals surface area (Å²) in [4.78, 5) is 58.1. The van der Waals surface area contributed by atoms with E-state index in [1.807, 2.05) is 83.1 Å². The number of rotatable bonds is 10. The third-order valence-electron chi connectivity index (χ3n) is 11.2. The highest BCUT2D eigenvalue weighted by Gasteiger charge is 2.38. The summed E-state index contributed by atoms with van der Waals surface area (Å²) in [6, 6.07) is 8.25. The van der Waals surface area contributed by atoms with Gasteiger partial charge in [-0.3, -0.25) is 0 Å². The van der Waals surface area contributed by atoms with Gasteiger partial charge in [0.15, 0.2) is 0 Å². The summed E-state index contributed by atoms with van der Waals surface area (Å²) in [5.74, 6) is 4.55. The van der Waals surface area contributed by atoms with E-state index in [-0.39, 0.29) is 39.3 Å². The van der Waals surface area contributed by atoms with Crippen molar-refractivity contribution in [2.75, 3.05) is 0 Å². The Morgan fingerprint density at radius 3 is 0.694 bits per heavy atom. The second-order valence-corrected chi connectivity index (χ2v) is 25.7. The molecular formula is C60H94N10O15. The zero-order valence-corrected chi connectivity index (χ0v) is 51.6. The van der Waals surface area contributed by atoms with E-state index in [2.05, 4.69) is 59.8 Å². The van der Waals surface area contributed by atoms with Crippen molar-refractivity contribution in [2.45, 2.75) is 225 Å². The Labute approximate surface area is 500 Å². The lowest BCUT2D eigenvalue weighted by Crippen LogP contribution is -2.27. The van der Waals surface area contributed by atoms with Crippen LogP contribution in [0.25, 0.3) is 0 Å². The average Bonchev–Trinajstić information content (AvgIpc) is 3.64. The fourth-order valence-corrected chi connectivity index (χ4v) is 6.42. The monoisotopic (exact) mass is 1190 g/mol. The number of hydrogen-bond donors (Lipinski definition) is 0. The molecule has 25 nitrogen and oxygen atoms in total. The van der Waals surface area contributed by atoms with Gasteiger partial charge in [-0.15, -0.1) is 25.5 Å². The quantitative estimate of drug-likeness (QED) is 0.0928. The summed E-state index contributed by atoms with van der Waals surface area (Å²) in [5, 5.41) is 19.9. The topological polar surface area (TPSA) is 267 Å². The number of hydrogen-bond acceptors (Lipinski definition) is 20. The van der Waals surface area contributed by atoms with Gasteiger partial charge in [-0.1, -0.05) is 49.1 Å². The van der Waals surface area contributed by atoms with Gasteiger partial charge in [-0.05, 0) is 153 Å². The maximum Gasteiger partial charge on any atom is 0.435 e. The van der Waals surface area contributed by atoms with Crippen LogP contribution in [0.3, 0.4) is 0 Å². The van der Waals surface area contributed by atoms with Crippen molar-refractivity contribution >= 4 is 30.5 Å². The van der Waals surface area contributed by atoms with Gasteiger partial charge >= 0.3 is 30.5 Å². The van der Waals surface area contributed by atoms with Crippen molar-refractivity contribution in [3.05, 3.63) is 74.2 Å². The zero-order chi connectivity index (χ0) is 62.0. The first kappa shape index (κ1) is 71.4. The average molecular weight is 1200 g/mol. The molecular weight excluding hydrogens is 1100 g/mol. The predicted octanol–water partition coefficient (Wildman–Crippen LogP) is 13.3. The summed E-state index contributed by atoms with van der Waals surface area (Å²) in [7, 11) is 0. The van der Waals surface area contributed by atoms with E-state index >= 15 is 0 Å². The van der Waals surface area contributed by atoms with E-state index < -0.39 is 58.5 Å². The molecule has 0 bridgehead atoms. The van der Waals surface area contributed by atoms with Gasteiger partial charge in [-0.25, -0.2) is 24.0 Å². The number of carbonyl (C=O) groups excluding carboxylic acids is 5. The molecule has 5 heterocycles. The van der Waals surface area contributed by atoms with Crippen molar-refractivity contribution in [1.82, 2.24) is 48.9 Å². The Morgan fingerprint density at radius 1 is 0.376 bits per heavy atom. The standard InChI is InChI=1S/4C12H18N2O3.C10H14N2O3.2CH4/c4*1-8-7-9(8)16-10-5-6-14(13-10)11(15)17-12(2,3)4;1-5-14-8-6-7-12(11-8)9(13)15-10(2,3)4;;/h4*5-6,8-9H,7H2,1-4H3;5-7H,1H2,2-4H3;2*1H4/t2*8-,9+;2*8-,9-;;;/m1010.../s1. The van der Waals surface area contributed by atoms with Crippen molar-refractivity contribution < 1.29 is 71.3 Å². The number of aromatic nitrogens is 10. The molecule has 0 aromatic carbocycles. The molecule has 0 saturated heterocycles. The van der Waals surface area contributed by atoms with E-state index in [1.54, 1.807) is 75.9 Å². The van der Waals surface area contributed by atoms with Gasteiger partial charge in [0, 0.05) is 61.3 Å². The smallest absolute Gasteiger partial charge is 0.435 e. The molecule has 0 aliphatic heterocycles. The van der Waals surface area contributed by atoms with Crippen molar-refractivity contribution in [2.24, 2.45) is 23.7 Å². The molecule has 0 spiro atoms. The zero-order valence-electron chi connectivity index (χ0n) is 51.6. The first-order valence-electron chi connectivity index (χ1n) is 27.7. The van der Waals surface area contributed by atoms with Crippen molar-refractivity contribution in [3.8, 4) is 29.4 Å². The van der Waals surface area contributed by atoms with E-state index in [0.717, 1.165) is 49.1 Å². The molecule has 5 aromatic heterocycles. The van der Waals surface area contributed by atoms with Gasteiger partial charge in [0.25, 0.3) is 0 Å². The molecule has 4 aliphatic carbocycles. The summed E-state index contributed by atoms with van der Waals surface area (Å²) in [6.45, 7) is 39.0. The summed E-state index contributed by atoms with van der Waals surface area (Å²) in [5.41, 5.74) is -2.61. The largest absolute Gasteiger partial charge is 0.473 e. The van der Waals surface area contributed by atoms with Crippen LogP contribution in [0, 0.1) is 23.7 Å². The van der Waals surface area contributed by atoms with Gasteiger partial charge in [0.05, 0.1) is 6.26 Å². The molecule has 25 heteroatoms. The van der Waals surface area contributed by atoms with Gasteiger partial charge < -0.3 is 47.4 Å². The van der Waals surface area contributed by atoms with E-state index in [0.29, 0.717) is 53.1 Å². The maximum atomic E-state index is 11.7. The fourth-order valence-electron chi connectivity index (χ4n) is 6.42. The maximum absolute atomic E-state index is 11.7. The Hall–Kier alpha value is -7.86. The molecule has 4 fully saturated rings. The van der Waals surface area contributed by atoms with Crippen LogP contribution in [-0.2, 0) is 23.7 Å². The van der Waals surface area contributed by atoms with Crippen LogP contribution in [-0.4, -0.2) is 132 Å². The minimum absolute atomic E-state index is 0. The molecule has 474 valence electrons. The Kier molecular flexibility index (Phi) is 24.6. The molecule has 85 heavy (non-hydrogen) atoms. The normalized spacial score (nSPS) is 20.6. The second-order valence-electron chi connectivity index (χ2n) is 25.7. The number of nitrogens with zero attached hydrogens (tertiary/aromatic N) is 10. The highest BCUT2D eigenvalue weighted by Crippen LogP contribution is 2.36. The molecule has 0 N–H and O–H groups in total. The van der Waals surface area contributed by atoms with Crippen LogP contribution >= 0.6 is 0 Å². The Morgan fingerprint density at radius 2 is 0.541 bits per heavy atom. The third-order valence-corrected chi connectivity index (χ3v) is 11.2. The number of ether oxygens (including phenoxy) is 10. The van der Waals surface area contributed by atoms with Crippen molar-refractivity contribution in [3.63, 3.8) is 0 Å². The summed E-state index contributed by atoms with van der Waals surface area (Å²) >= 11 is 0. The minimum atomic E-state index is -0.540. The lowest BCUT2D eigenvalue weighted by molar-refractivity contribution is 0.0501. The molecule has 0 radical (unpaired) electrons. The van der Waals surface area contributed by atoms with Crippen LogP contribution < -0.4 is 23.7 Å². The Bertz CT molecular complexity index is 2630. The second kappa shape index (κ2) is 29.3. The minimum Gasteiger partial charge on any atom is -0.473 e. The molecule has 0 amide bonds. The third kappa shape index (κ3) is 26.7. The van der Waals surface area contributed by atoms with Crippen LogP contribution in [0.2, 0.25) is 0 Å². The summed E-state index contributed by atoms with van der Waals surface area (Å²) < 4.78 is 58.7. The Balaban J connectivity index is 0.000000277. The lowest BCUT2D eigenvalue weighted by Gasteiger charge is -2.18. The van der Waals surface area contributed by atoms with Crippen LogP contribution in [0.4, 0.5) is 24.0 Å². The molecule has 4 aliphatic rings. The summed E-state index contributed by atoms with van der Waals surface area (Å²) in [6.07, 6.45) is 11.6. The van der Waals surface area contributed by atoms with Crippen LogP contribution in [0.1, 0.15) is 172 Å². The first-order chi connectivity index (χ1) is 38.3. The van der Waals surface area contributed by atoms with Gasteiger partial charge in [-0.2, -0.15) is 23.4 Å². The van der Waals surface area contributed by atoms with Crippen LogP contribution in [0.15, 0.2) is 74.2 Å². The SMILES string of the molecule is C.C.C=COc1ccn(C(=O)OC(C)(C)C)n1.C[C@@H]1C[C@@H]1Oc1ccn(C(=O)OC(C)(C)C)n1.C[C@@H]1C[C@H]1Oc1ccn(C(=O)OC(C)(C)C)n1.C[C@H]1C[C@@H]1Oc1ccn(C(=O)OC(C)(C)C)n1.C[C@H]1C[C@H]1Oc1ccn(C(=O)OC(C)(C)C)n1. The van der Waals surface area contributed by atoms with Crippen LogP contribution in [0.5, 0.6) is 29.4 Å². The number of carbonyl (C=O) groups is 5. The molecule has 0 unspecified atom stereocenters. The van der Waals surface area contributed by atoms with Gasteiger partial charge in [0.2, 0.25) is 29.4 Å². The molecule has 8 atom stereocenters. The van der Waals surface area contributed by atoms with Gasteiger partial charge in [0.1, 0.15) is 52.4 Å². The predicted molar refractivity (Wildman–Crippen MR) is 316 cm³/mol. The fraction of sp³-hybridized carbons (Fsp3) is 0.633. The molecule has 5 aromatic rings. The molecule has 9 rings (SSSR count). The van der Waals surface area contributed by atoms with E-state index in [1.165, 1.54) is 12.5 Å². The first-order valence-corrected chi connectivity index (χ1v) is 27.7. The highest BCUT2D eigenvalue weighted by molar-refractivity contribution is 5.71.